The lowest BCUT2D eigenvalue weighted by Gasteiger charge is -2.42. The molecule has 0 spiro atoms. The molecule has 17 heteroatoms. The Hall–Kier alpha value is -3.61. The van der Waals surface area contributed by atoms with Gasteiger partial charge < -0.3 is 14.4 Å². The number of rotatable bonds is 3. The Labute approximate surface area is 300 Å². The first kappa shape index (κ1) is 36.2. The number of hydrogen-bond acceptors (Lipinski definition) is 8. The lowest BCUT2D eigenvalue weighted by molar-refractivity contribution is -0.137. The molecule has 0 radical (unpaired) electrons. The Kier molecular flexibility index (Phi) is 9.09. The molecule has 2 saturated heterocycles. The lowest BCUT2D eigenvalue weighted by Crippen LogP contribution is -2.57. The van der Waals surface area contributed by atoms with Gasteiger partial charge in [-0.3, -0.25) is 10.2 Å². The predicted octanol–water partition coefficient (Wildman–Crippen LogP) is 9.49. The highest BCUT2D eigenvalue weighted by atomic mass is 127. The van der Waals surface area contributed by atoms with Crippen molar-refractivity contribution < 1.29 is 45.4 Å². The fourth-order valence-corrected chi connectivity index (χ4v) is 8.64. The summed E-state index contributed by atoms with van der Waals surface area (Å²) in [6.07, 6.45) is -6.76. The van der Waals surface area contributed by atoms with Crippen molar-refractivity contribution in [2.45, 2.75) is 83.8 Å². The highest BCUT2D eigenvalue weighted by Crippen LogP contribution is 2.49. The Balaban J connectivity index is 1.48. The Bertz CT molecular complexity index is 2030. The number of nitrogens with zero attached hydrogens (tertiary/aromatic N) is 4. The summed E-state index contributed by atoms with van der Waals surface area (Å²) >= 11 is 2.48. The first-order valence-corrected chi connectivity index (χ1v) is 17.5. The number of amides is 2. The van der Waals surface area contributed by atoms with Gasteiger partial charge in [0.15, 0.2) is 5.82 Å². The summed E-state index contributed by atoms with van der Waals surface area (Å²) in [7, 11) is 0. The number of fused-ring (bicyclic) bond motifs is 4. The van der Waals surface area contributed by atoms with Gasteiger partial charge in [0, 0.05) is 29.4 Å². The molecule has 4 aromatic rings. The van der Waals surface area contributed by atoms with Crippen molar-refractivity contribution in [1.29, 1.82) is 0 Å². The highest BCUT2D eigenvalue weighted by molar-refractivity contribution is 14.1. The molecule has 2 aromatic carbocycles. The van der Waals surface area contributed by atoms with Gasteiger partial charge in [-0.25, -0.2) is 18.4 Å². The maximum Gasteiger partial charge on any atom is 0.417 e. The number of ether oxygens (including phenoxy) is 2. The van der Waals surface area contributed by atoms with Crippen molar-refractivity contribution in [1.82, 2.24) is 14.9 Å². The van der Waals surface area contributed by atoms with E-state index in [0.29, 0.717) is 18.9 Å². The summed E-state index contributed by atoms with van der Waals surface area (Å²) in [6, 6.07) is 1.78. The highest BCUT2D eigenvalue weighted by Gasteiger charge is 2.46. The number of nitrogens with one attached hydrogen (secondary N) is 1. The first-order chi connectivity index (χ1) is 23.1. The standard InChI is InChI=1S/C33H32F6IN5O4S/c1-31(2,3)48-29(46)43-27-23(40)21-16(9-10-19(34)25(21)50-27)20-18(33(37,38)39)11-17-24(22(20)35)41-28(36)42-26(17)44-12-14-7-8-15(13-44)45(14)30(47)49-32(4,5)6/h9-11,14-15H,7-8,12-13H2,1-6H3,(H,43,46). The van der Waals surface area contributed by atoms with Crippen molar-refractivity contribution in [2.75, 3.05) is 23.3 Å². The summed E-state index contributed by atoms with van der Waals surface area (Å²) in [5.41, 5.74) is -5.04. The van der Waals surface area contributed by atoms with Crippen molar-refractivity contribution in [2.24, 2.45) is 0 Å². The molecule has 0 saturated carbocycles. The number of hydrogen-bond donors (Lipinski definition) is 1. The molecular formula is C33H32F6IN5O4S. The summed E-state index contributed by atoms with van der Waals surface area (Å²) in [6.45, 7) is 10.3. The molecule has 50 heavy (non-hydrogen) atoms. The van der Waals surface area contributed by atoms with E-state index in [1.807, 2.05) is 0 Å². The molecule has 2 unspecified atom stereocenters. The number of halogens is 7. The SMILES string of the molecule is CC(C)(C)OC(=O)Nc1sc2c(F)ccc(-c3c(C(F)(F)F)cc4c(N5CC6CCC(C5)N6C(=O)OC(C)(C)C)nc(F)nc4c3F)c2c1I. The van der Waals surface area contributed by atoms with Crippen LogP contribution in [-0.2, 0) is 15.7 Å². The summed E-state index contributed by atoms with van der Waals surface area (Å²) in [4.78, 5) is 36.1. The van der Waals surface area contributed by atoms with E-state index in [0.717, 1.165) is 23.5 Å². The van der Waals surface area contributed by atoms with E-state index in [-0.39, 0.29) is 48.5 Å². The number of carbonyl (C=O) groups is 2. The minimum Gasteiger partial charge on any atom is -0.444 e. The number of alkyl halides is 3. The maximum atomic E-state index is 16.7. The predicted molar refractivity (Wildman–Crippen MR) is 185 cm³/mol. The lowest BCUT2D eigenvalue weighted by atomic mass is 9.93. The van der Waals surface area contributed by atoms with Gasteiger partial charge in [0.25, 0.3) is 0 Å². The van der Waals surface area contributed by atoms with Crippen molar-refractivity contribution in [3.8, 4) is 11.1 Å². The van der Waals surface area contributed by atoms with Crippen molar-refractivity contribution in [3.63, 3.8) is 0 Å². The molecular weight excluding hydrogens is 803 g/mol. The topological polar surface area (TPSA) is 96.9 Å². The zero-order chi connectivity index (χ0) is 36.7. The molecule has 4 heterocycles. The number of piperazine rings is 1. The van der Waals surface area contributed by atoms with E-state index < -0.39 is 76.0 Å². The quantitative estimate of drug-likeness (QED) is 0.125. The average Bonchev–Trinajstić information content (AvgIpc) is 3.44. The second kappa shape index (κ2) is 12.6. The average molecular weight is 836 g/mol. The maximum absolute atomic E-state index is 16.7. The zero-order valence-corrected chi connectivity index (χ0v) is 30.7. The van der Waals surface area contributed by atoms with Crippen LogP contribution in [0.3, 0.4) is 0 Å². The van der Waals surface area contributed by atoms with E-state index in [9.17, 15) is 22.8 Å². The third-order valence-electron chi connectivity index (χ3n) is 8.19. The molecule has 9 nitrogen and oxygen atoms in total. The third kappa shape index (κ3) is 6.86. The second-order valence-corrected chi connectivity index (χ2v) is 16.3. The summed E-state index contributed by atoms with van der Waals surface area (Å²) in [5.74, 6) is -2.54. The van der Waals surface area contributed by atoms with Gasteiger partial charge >= 0.3 is 24.4 Å². The van der Waals surface area contributed by atoms with Crippen LogP contribution < -0.4 is 10.2 Å². The fourth-order valence-electron chi connectivity index (χ4n) is 6.42. The van der Waals surface area contributed by atoms with Crippen LogP contribution in [0.4, 0.5) is 46.8 Å². The third-order valence-corrected chi connectivity index (χ3v) is 10.7. The van der Waals surface area contributed by atoms with Gasteiger partial charge in [0.2, 0.25) is 0 Å². The van der Waals surface area contributed by atoms with Crippen LogP contribution in [0.5, 0.6) is 0 Å². The number of carbonyl (C=O) groups excluding carboxylic acids is 2. The van der Waals surface area contributed by atoms with Gasteiger partial charge in [-0.1, -0.05) is 6.07 Å². The summed E-state index contributed by atoms with van der Waals surface area (Å²) in [5, 5.41) is 2.10. The smallest absolute Gasteiger partial charge is 0.417 e. The van der Waals surface area contributed by atoms with Gasteiger partial charge in [-0.15, -0.1) is 11.3 Å². The van der Waals surface area contributed by atoms with Crippen LogP contribution in [0.25, 0.3) is 32.1 Å². The monoisotopic (exact) mass is 835 g/mol. The number of aromatic nitrogens is 2. The van der Waals surface area contributed by atoms with Gasteiger partial charge in [-0.2, -0.15) is 27.5 Å². The molecule has 2 bridgehead atoms. The number of thiophene rings is 1. The van der Waals surface area contributed by atoms with Crippen molar-refractivity contribution in [3.05, 3.63) is 45.0 Å². The number of benzene rings is 2. The Morgan fingerprint density at radius 3 is 2.16 bits per heavy atom. The molecule has 2 amide bonds. The van der Waals surface area contributed by atoms with Crippen LogP contribution in [0.2, 0.25) is 0 Å². The first-order valence-electron chi connectivity index (χ1n) is 15.6. The second-order valence-electron chi connectivity index (χ2n) is 14.2. The van der Waals surface area contributed by atoms with E-state index in [4.69, 9.17) is 9.47 Å². The molecule has 268 valence electrons. The van der Waals surface area contributed by atoms with Gasteiger partial charge in [0.05, 0.1) is 25.9 Å². The van der Waals surface area contributed by atoms with Crippen LogP contribution in [0, 0.1) is 21.3 Å². The van der Waals surface area contributed by atoms with Crippen LogP contribution >= 0.6 is 33.9 Å². The van der Waals surface area contributed by atoms with Gasteiger partial charge in [-0.05, 0) is 94.7 Å². The molecule has 2 aliphatic heterocycles. The molecule has 2 atom stereocenters. The normalized spacial score (nSPS) is 18.3. The Morgan fingerprint density at radius 1 is 0.960 bits per heavy atom. The molecule has 1 N–H and O–H groups in total. The van der Waals surface area contributed by atoms with Crippen molar-refractivity contribution >= 4 is 77.9 Å². The van der Waals surface area contributed by atoms with E-state index >= 15 is 13.2 Å². The van der Waals surface area contributed by atoms with E-state index in [1.54, 1.807) is 73.9 Å². The fraction of sp³-hybridized carbons (Fsp3) is 0.455. The summed E-state index contributed by atoms with van der Waals surface area (Å²) < 4.78 is 103. The van der Waals surface area contributed by atoms with Crippen LogP contribution in [0.15, 0.2) is 18.2 Å². The minimum atomic E-state index is -5.13. The zero-order valence-electron chi connectivity index (χ0n) is 27.7. The van der Waals surface area contributed by atoms with Crippen LogP contribution in [-0.4, -0.2) is 63.4 Å². The molecule has 6 rings (SSSR count). The van der Waals surface area contributed by atoms with Crippen LogP contribution in [0.1, 0.15) is 59.9 Å². The Morgan fingerprint density at radius 2 is 1.58 bits per heavy atom. The van der Waals surface area contributed by atoms with E-state index in [1.165, 1.54) is 0 Å². The minimum absolute atomic E-state index is 0.0757. The molecule has 2 aromatic heterocycles. The number of anilines is 2. The van der Waals surface area contributed by atoms with Gasteiger partial charge in [0.1, 0.15) is 33.4 Å². The molecule has 2 aliphatic rings. The largest absolute Gasteiger partial charge is 0.444 e. The molecule has 0 aliphatic carbocycles. The van der Waals surface area contributed by atoms with E-state index in [2.05, 4.69) is 15.3 Å². The molecule has 2 fully saturated rings.